The summed E-state index contributed by atoms with van der Waals surface area (Å²) in [5, 5.41) is 16.2. The normalized spacial score (nSPS) is 25.1. The third kappa shape index (κ3) is 6.18. The second-order valence-electron chi connectivity index (χ2n) is 9.66. The fourth-order valence-corrected chi connectivity index (χ4v) is 5.64. The largest absolute Gasteiger partial charge is 0.462 e. The molecular formula is C24H33FN7O7P. The Kier molecular flexibility index (Phi) is 8.61. The summed E-state index contributed by atoms with van der Waals surface area (Å²) in [7, 11) is -2.66. The maximum atomic E-state index is 16.0. The summed E-state index contributed by atoms with van der Waals surface area (Å²) in [6, 6.07) is 7.05. The van der Waals surface area contributed by atoms with Crippen LogP contribution in [0.25, 0.3) is 11.2 Å². The number of carbonyl (C=O) groups excluding carboxylic acids is 1. The summed E-state index contributed by atoms with van der Waals surface area (Å²) in [6.07, 6.45) is -3.52. The topological polar surface area (TPSA) is 185 Å². The van der Waals surface area contributed by atoms with E-state index < -0.39 is 56.6 Å². The molecular weight excluding hydrogens is 548 g/mol. The number of benzene rings is 1. The van der Waals surface area contributed by atoms with Gasteiger partial charge in [-0.1, -0.05) is 18.2 Å². The first kappa shape index (κ1) is 29.6. The quantitative estimate of drug-likeness (QED) is 0.191. The van der Waals surface area contributed by atoms with E-state index in [0.29, 0.717) is 11.3 Å². The van der Waals surface area contributed by atoms with Crippen LogP contribution >= 0.6 is 7.75 Å². The minimum atomic E-state index is -4.28. The third-order valence-electron chi connectivity index (χ3n) is 6.08. The number of alkyl halides is 1. The van der Waals surface area contributed by atoms with E-state index in [0.717, 1.165) is 6.92 Å². The number of aliphatic hydroxyl groups excluding tert-OH is 1. The molecule has 1 aromatic carbocycles. The zero-order chi connectivity index (χ0) is 29.2. The number of anilines is 2. The second kappa shape index (κ2) is 11.6. The van der Waals surface area contributed by atoms with Crippen molar-refractivity contribution >= 4 is 36.6 Å². The predicted molar refractivity (Wildman–Crippen MR) is 143 cm³/mol. The Bertz CT molecular complexity index is 1390. The fraction of sp³-hybridized carbons (Fsp3) is 0.500. The van der Waals surface area contributed by atoms with Crippen molar-refractivity contribution in [2.24, 2.45) is 0 Å². The number of nitrogen functional groups attached to an aromatic ring is 1. The minimum absolute atomic E-state index is 0.0761. The monoisotopic (exact) mass is 581 g/mol. The van der Waals surface area contributed by atoms with Gasteiger partial charge in [0.1, 0.15) is 24.0 Å². The molecule has 0 aliphatic carbocycles. The lowest BCUT2D eigenvalue weighted by atomic mass is 9.98. The average molecular weight is 582 g/mol. The van der Waals surface area contributed by atoms with Crippen molar-refractivity contribution in [2.75, 3.05) is 24.7 Å². The molecule has 6 atom stereocenters. The number of fused-ring (bicyclic) bond motifs is 1. The summed E-state index contributed by atoms with van der Waals surface area (Å²) < 4.78 is 53.2. The number of aliphatic hydroxyl groups is 1. The van der Waals surface area contributed by atoms with Crippen molar-refractivity contribution in [2.45, 2.75) is 63.9 Å². The number of carbonyl (C=O) groups is 1. The van der Waals surface area contributed by atoms with Gasteiger partial charge in [-0.15, -0.1) is 0 Å². The van der Waals surface area contributed by atoms with Gasteiger partial charge in [0, 0.05) is 7.05 Å². The molecule has 218 valence electrons. The number of nitrogens with one attached hydrogen (secondary N) is 2. The van der Waals surface area contributed by atoms with Gasteiger partial charge < -0.3 is 30.2 Å². The standard InChI is InChI=1S/C24H33FN7O7P/c1-13(2)37-21(34)14(3)31-40(35,39-15-9-7-6-8-10-15)36-11-16-18(33)24(4,25)22(38-16)32-12-28-17-19(27-5)29-23(26)30-20(17)32/h6-10,12-14,16,18,22,33H,11H2,1-5H3,(H,31,35)(H3,26,27,29,30)/t14-,16+,18?,22+,24+,40?/m0/s1. The summed E-state index contributed by atoms with van der Waals surface area (Å²) in [4.78, 5) is 24.8. The van der Waals surface area contributed by atoms with Crippen molar-refractivity contribution in [1.29, 1.82) is 0 Å². The molecule has 0 saturated carbocycles. The predicted octanol–water partition coefficient (Wildman–Crippen LogP) is 2.57. The number of aromatic nitrogens is 4. The van der Waals surface area contributed by atoms with Crippen LogP contribution in [0.15, 0.2) is 36.7 Å². The SMILES string of the molecule is CNc1nc(N)nc2c1ncn2[C@@H]1O[C@H](COP(=O)(N[C@@H](C)C(=O)OC(C)C)Oc2ccccc2)C(O)[C@@]1(C)F. The van der Waals surface area contributed by atoms with Crippen LogP contribution in [-0.4, -0.2) is 74.3 Å². The van der Waals surface area contributed by atoms with Crippen molar-refractivity contribution in [3.05, 3.63) is 36.7 Å². The van der Waals surface area contributed by atoms with Crippen molar-refractivity contribution in [1.82, 2.24) is 24.6 Å². The highest BCUT2D eigenvalue weighted by Crippen LogP contribution is 2.48. The summed E-state index contributed by atoms with van der Waals surface area (Å²) in [5.41, 5.74) is 3.94. The molecule has 3 heterocycles. The molecule has 3 aromatic rings. The molecule has 2 unspecified atom stereocenters. The van der Waals surface area contributed by atoms with Gasteiger partial charge in [-0.3, -0.25) is 13.9 Å². The molecule has 16 heteroatoms. The van der Waals surface area contributed by atoms with Crippen LogP contribution in [-0.2, 0) is 23.4 Å². The first-order valence-corrected chi connectivity index (χ1v) is 14.1. The van der Waals surface area contributed by atoms with Gasteiger partial charge in [0.15, 0.2) is 28.9 Å². The first-order valence-electron chi connectivity index (χ1n) is 12.5. The van der Waals surface area contributed by atoms with Crippen LogP contribution in [0.4, 0.5) is 16.2 Å². The molecule has 0 bridgehead atoms. The molecule has 1 aliphatic rings. The highest BCUT2D eigenvalue weighted by atomic mass is 31.2. The van der Waals surface area contributed by atoms with Crippen LogP contribution < -0.4 is 20.7 Å². The Labute approximate surface area is 230 Å². The summed E-state index contributed by atoms with van der Waals surface area (Å²) in [5.74, 6) is -0.243. The molecule has 0 amide bonds. The van der Waals surface area contributed by atoms with E-state index >= 15 is 4.39 Å². The van der Waals surface area contributed by atoms with Crippen molar-refractivity contribution < 1.29 is 37.4 Å². The van der Waals surface area contributed by atoms with E-state index in [9.17, 15) is 14.5 Å². The van der Waals surface area contributed by atoms with Crippen LogP contribution in [0, 0.1) is 0 Å². The molecule has 5 N–H and O–H groups in total. The zero-order valence-corrected chi connectivity index (χ0v) is 23.5. The lowest BCUT2D eigenvalue weighted by Crippen LogP contribution is -2.41. The number of esters is 1. The Hall–Kier alpha value is -3.36. The van der Waals surface area contributed by atoms with E-state index in [1.54, 1.807) is 51.2 Å². The van der Waals surface area contributed by atoms with Crippen molar-refractivity contribution in [3.8, 4) is 5.75 Å². The minimum Gasteiger partial charge on any atom is -0.462 e. The smallest absolute Gasteiger partial charge is 0.459 e. The van der Waals surface area contributed by atoms with Crippen LogP contribution in [0.3, 0.4) is 0 Å². The maximum Gasteiger partial charge on any atom is 0.459 e. The molecule has 40 heavy (non-hydrogen) atoms. The molecule has 4 rings (SSSR count). The van der Waals surface area contributed by atoms with E-state index in [4.69, 9.17) is 24.3 Å². The van der Waals surface area contributed by atoms with Crippen LogP contribution in [0.1, 0.15) is 33.9 Å². The highest BCUT2D eigenvalue weighted by molar-refractivity contribution is 7.52. The van der Waals surface area contributed by atoms with E-state index in [1.807, 2.05) is 0 Å². The number of hydrogen-bond donors (Lipinski definition) is 4. The lowest BCUT2D eigenvalue weighted by Gasteiger charge is -2.25. The number of hydrogen-bond acceptors (Lipinski definition) is 12. The van der Waals surface area contributed by atoms with Crippen molar-refractivity contribution in [3.63, 3.8) is 0 Å². The Morgan fingerprint density at radius 2 is 2.00 bits per heavy atom. The molecule has 2 aromatic heterocycles. The number of ether oxygens (including phenoxy) is 2. The first-order chi connectivity index (χ1) is 18.8. The van der Waals surface area contributed by atoms with Gasteiger partial charge in [-0.2, -0.15) is 15.1 Å². The van der Waals surface area contributed by atoms with Crippen LogP contribution in [0.5, 0.6) is 5.75 Å². The van der Waals surface area contributed by atoms with E-state index in [2.05, 4.69) is 25.4 Å². The number of imidazole rings is 1. The molecule has 1 aliphatic heterocycles. The Balaban J connectivity index is 1.56. The zero-order valence-electron chi connectivity index (χ0n) is 22.6. The van der Waals surface area contributed by atoms with Gasteiger partial charge in [0.25, 0.3) is 0 Å². The number of halogens is 1. The Morgan fingerprint density at radius 3 is 2.65 bits per heavy atom. The molecule has 1 saturated heterocycles. The number of rotatable bonds is 11. The van der Waals surface area contributed by atoms with E-state index in [-0.39, 0.29) is 17.3 Å². The molecule has 14 nitrogen and oxygen atoms in total. The lowest BCUT2D eigenvalue weighted by molar-refractivity contribution is -0.149. The van der Waals surface area contributed by atoms with Gasteiger partial charge in [0.2, 0.25) is 5.95 Å². The van der Waals surface area contributed by atoms with Gasteiger partial charge in [-0.25, -0.2) is 13.9 Å². The highest BCUT2D eigenvalue weighted by Gasteiger charge is 2.56. The molecule has 0 spiro atoms. The summed E-state index contributed by atoms with van der Waals surface area (Å²) >= 11 is 0. The fourth-order valence-electron chi connectivity index (χ4n) is 4.14. The van der Waals surface area contributed by atoms with Gasteiger partial charge >= 0.3 is 13.7 Å². The van der Waals surface area contributed by atoms with E-state index in [1.165, 1.54) is 17.8 Å². The van der Waals surface area contributed by atoms with Gasteiger partial charge in [-0.05, 0) is 39.8 Å². The number of para-hydroxylation sites is 1. The average Bonchev–Trinajstić information content (AvgIpc) is 3.40. The number of nitrogens with zero attached hydrogens (tertiary/aromatic N) is 4. The summed E-state index contributed by atoms with van der Waals surface area (Å²) in [6.45, 7) is 5.37. The third-order valence-corrected chi connectivity index (χ3v) is 7.72. The van der Waals surface area contributed by atoms with Gasteiger partial charge in [0.05, 0.1) is 19.0 Å². The Morgan fingerprint density at radius 1 is 1.30 bits per heavy atom. The number of nitrogens with two attached hydrogens (primary N) is 1. The van der Waals surface area contributed by atoms with Crippen LogP contribution in [0.2, 0.25) is 0 Å². The molecule has 0 radical (unpaired) electrons. The maximum absolute atomic E-state index is 16.0. The molecule has 1 fully saturated rings. The second-order valence-corrected chi connectivity index (χ2v) is 11.4.